The van der Waals surface area contributed by atoms with Crippen molar-refractivity contribution in [3.63, 3.8) is 0 Å². The maximum Gasteiger partial charge on any atom is 0.309 e. The first-order valence-electron chi connectivity index (χ1n) is 9.14. The van der Waals surface area contributed by atoms with E-state index in [4.69, 9.17) is 4.74 Å². The molecule has 0 radical (unpaired) electrons. The number of aryl methyl sites for hydroxylation is 1. The summed E-state index contributed by atoms with van der Waals surface area (Å²) < 4.78 is 33.4. The van der Waals surface area contributed by atoms with Gasteiger partial charge in [0.1, 0.15) is 4.21 Å². The molecule has 1 aromatic heterocycles. The zero-order valence-corrected chi connectivity index (χ0v) is 20.9. The molecule has 162 valence electrons. The maximum absolute atomic E-state index is 12.5. The van der Waals surface area contributed by atoms with Gasteiger partial charge in [-0.05, 0) is 80.8 Å². The van der Waals surface area contributed by atoms with Crippen molar-refractivity contribution >= 4 is 70.8 Å². The first-order chi connectivity index (χ1) is 14.2. The predicted octanol–water partition coefficient (Wildman–Crippen LogP) is 4.16. The van der Waals surface area contributed by atoms with Crippen molar-refractivity contribution in [3.05, 3.63) is 44.2 Å². The van der Waals surface area contributed by atoms with Crippen molar-refractivity contribution in [2.45, 2.75) is 24.0 Å². The molecule has 11 heteroatoms. The Morgan fingerprint density at radius 3 is 2.43 bits per heavy atom. The van der Waals surface area contributed by atoms with Crippen LogP contribution in [0.15, 0.2) is 42.8 Å². The second kappa shape index (κ2) is 9.90. The number of ether oxygens (including phenoxy) is 1. The lowest BCUT2D eigenvalue weighted by Gasteiger charge is -2.29. The first-order valence-corrected chi connectivity index (χ1v) is 13.0. The SMILES string of the molecule is Cc1cc(Br)c(NC(=O)COC(=O)C2CCN(S(=O)(=O)c3cccs3)CC2)c(Br)c1. The summed E-state index contributed by atoms with van der Waals surface area (Å²) in [6.07, 6.45) is 0.722. The second-order valence-corrected chi connectivity index (χ2v) is 11.7. The van der Waals surface area contributed by atoms with Gasteiger partial charge in [0.15, 0.2) is 6.61 Å². The molecule has 0 unspecified atom stereocenters. The van der Waals surface area contributed by atoms with Gasteiger partial charge >= 0.3 is 5.97 Å². The van der Waals surface area contributed by atoms with E-state index in [1.807, 2.05) is 19.1 Å². The van der Waals surface area contributed by atoms with Gasteiger partial charge in [-0.3, -0.25) is 9.59 Å². The summed E-state index contributed by atoms with van der Waals surface area (Å²) in [5, 5.41) is 4.43. The Labute approximate surface area is 196 Å². The third-order valence-electron chi connectivity index (χ3n) is 4.67. The zero-order chi connectivity index (χ0) is 21.9. The van der Waals surface area contributed by atoms with E-state index in [0.717, 1.165) is 5.56 Å². The molecule has 0 saturated carbocycles. The molecule has 1 aromatic carbocycles. The number of halogens is 2. The molecule has 1 N–H and O–H groups in total. The summed E-state index contributed by atoms with van der Waals surface area (Å²) in [5.41, 5.74) is 1.58. The molecule has 1 saturated heterocycles. The highest BCUT2D eigenvalue weighted by atomic mass is 79.9. The summed E-state index contributed by atoms with van der Waals surface area (Å²) in [6, 6.07) is 7.00. The number of nitrogens with one attached hydrogen (secondary N) is 1. The van der Waals surface area contributed by atoms with Crippen LogP contribution in [0.25, 0.3) is 0 Å². The van der Waals surface area contributed by atoms with Crippen LogP contribution in [0, 0.1) is 12.8 Å². The van der Waals surface area contributed by atoms with Crippen LogP contribution in [0.5, 0.6) is 0 Å². The highest BCUT2D eigenvalue weighted by Gasteiger charge is 2.33. The predicted molar refractivity (Wildman–Crippen MR) is 122 cm³/mol. The minimum Gasteiger partial charge on any atom is -0.455 e. The van der Waals surface area contributed by atoms with Gasteiger partial charge in [-0.15, -0.1) is 11.3 Å². The van der Waals surface area contributed by atoms with Crippen LogP contribution in [-0.4, -0.2) is 44.3 Å². The van der Waals surface area contributed by atoms with Gasteiger partial charge in [0.2, 0.25) is 0 Å². The van der Waals surface area contributed by atoms with Crippen molar-refractivity contribution in [2.75, 3.05) is 25.0 Å². The van der Waals surface area contributed by atoms with Crippen molar-refractivity contribution in [1.29, 1.82) is 0 Å². The van der Waals surface area contributed by atoms with Crippen molar-refractivity contribution in [3.8, 4) is 0 Å². The van der Waals surface area contributed by atoms with Gasteiger partial charge in [-0.25, -0.2) is 8.42 Å². The van der Waals surface area contributed by atoms with Crippen LogP contribution < -0.4 is 5.32 Å². The lowest BCUT2D eigenvalue weighted by molar-refractivity contribution is -0.152. The number of nitrogens with zero attached hydrogens (tertiary/aromatic N) is 1. The van der Waals surface area contributed by atoms with E-state index in [9.17, 15) is 18.0 Å². The number of esters is 1. The average Bonchev–Trinajstić information content (AvgIpc) is 3.25. The molecule has 0 bridgehead atoms. The number of hydrogen-bond acceptors (Lipinski definition) is 6. The first kappa shape index (κ1) is 23.4. The largest absolute Gasteiger partial charge is 0.455 e. The van der Waals surface area contributed by atoms with E-state index in [0.29, 0.717) is 31.7 Å². The fourth-order valence-corrected chi connectivity index (χ4v) is 7.35. The number of amides is 1. The van der Waals surface area contributed by atoms with Crippen molar-refractivity contribution < 1.29 is 22.7 Å². The summed E-state index contributed by atoms with van der Waals surface area (Å²) in [4.78, 5) is 24.5. The number of piperidine rings is 1. The molecule has 1 aliphatic heterocycles. The molecule has 1 amide bonds. The number of anilines is 1. The van der Waals surface area contributed by atoms with Gasteiger partial charge in [-0.1, -0.05) is 6.07 Å². The Morgan fingerprint density at radius 2 is 1.87 bits per heavy atom. The van der Waals surface area contributed by atoms with Gasteiger partial charge in [-0.2, -0.15) is 4.31 Å². The molecule has 1 fully saturated rings. The molecule has 0 atom stereocenters. The molecule has 2 heterocycles. The number of sulfonamides is 1. The molecule has 0 aliphatic carbocycles. The van der Waals surface area contributed by atoms with Crippen LogP contribution in [0.2, 0.25) is 0 Å². The number of rotatable bonds is 6. The summed E-state index contributed by atoms with van der Waals surface area (Å²) >= 11 is 7.97. The van der Waals surface area contributed by atoms with Gasteiger partial charge in [0.05, 0.1) is 11.6 Å². The fraction of sp³-hybridized carbons (Fsp3) is 0.368. The molecule has 1 aliphatic rings. The maximum atomic E-state index is 12.5. The van der Waals surface area contributed by atoms with Crippen LogP contribution >= 0.6 is 43.2 Å². The van der Waals surface area contributed by atoms with E-state index in [1.54, 1.807) is 17.5 Å². The molecule has 0 spiro atoms. The molecular weight excluding hydrogens is 560 g/mol. The van der Waals surface area contributed by atoms with Crippen LogP contribution in [-0.2, 0) is 24.3 Å². The van der Waals surface area contributed by atoms with Crippen LogP contribution in [0.3, 0.4) is 0 Å². The van der Waals surface area contributed by atoms with Crippen LogP contribution in [0.1, 0.15) is 18.4 Å². The Morgan fingerprint density at radius 1 is 1.23 bits per heavy atom. The van der Waals surface area contributed by atoms with Crippen LogP contribution in [0.4, 0.5) is 5.69 Å². The topological polar surface area (TPSA) is 92.8 Å². The lowest BCUT2D eigenvalue weighted by Crippen LogP contribution is -2.40. The minimum atomic E-state index is -3.51. The van der Waals surface area contributed by atoms with E-state index >= 15 is 0 Å². The Hall–Kier alpha value is -1.27. The number of thiophene rings is 1. The Balaban J connectivity index is 1.49. The molecule has 2 aromatic rings. The molecule has 30 heavy (non-hydrogen) atoms. The highest BCUT2D eigenvalue weighted by molar-refractivity contribution is 9.11. The number of benzene rings is 1. The Bertz CT molecular complexity index is 1010. The summed E-state index contributed by atoms with van der Waals surface area (Å²) in [6.45, 7) is 2.02. The Kier molecular flexibility index (Phi) is 7.72. The normalized spacial score (nSPS) is 15.7. The lowest BCUT2D eigenvalue weighted by atomic mass is 9.98. The fourth-order valence-electron chi connectivity index (χ4n) is 3.12. The van der Waals surface area contributed by atoms with E-state index in [-0.39, 0.29) is 13.1 Å². The van der Waals surface area contributed by atoms with Crippen molar-refractivity contribution in [1.82, 2.24) is 4.31 Å². The zero-order valence-electron chi connectivity index (χ0n) is 16.1. The third-order valence-corrected chi connectivity index (χ3v) is 9.20. The highest BCUT2D eigenvalue weighted by Crippen LogP contribution is 2.32. The quantitative estimate of drug-likeness (QED) is 0.519. The monoisotopic (exact) mass is 578 g/mol. The van der Waals surface area contributed by atoms with Gasteiger partial charge in [0.25, 0.3) is 15.9 Å². The minimum absolute atomic E-state index is 0.245. The molecule has 3 rings (SSSR count). The number of carbonyl (C=O) groups excluding carboxylic acids is 2. The number of hydrogen-bond donors (Lipinski definition) is 1. The van der Waals surface area contributed by atoms with Gasteiger partial charge < -0.3 is 10.1 Å². The smallest absolute Gasteiger partial charge is 0.309 e. The van der Waals surface area contributed by atoms with Gasteiger partial charge in [0, 0.05) is 22.0 Å². The average molecular weight is 580 g/mol. The second-order valence-electron chi connectivity index (χ2n) is 6.87. The summed E-state index contributed by atoms with van der Waals surface area (Å²) in [7, 11) is -3.51. The molecular formula is C19H20Br2N2O5S2. The number of carbonyl (C=O) groups is 2. The standard InChI is InChI=1S/C19H20Br2N2O5S2/c1-12-9-14(20)18(15(21)10-12)22-16(24)11-28-19(25)13-4-6-23(7-5-13)30(26,27)17-3-2-8-29-17/h2-3,8-10,13H,4-7,11H2,1H3,(H,22,24). The van der Waals surface area contributed by atoms with E-state index in [1.165, 1.54) is 15.6 Å². The summed E-state index contributed by atoms with van der Waals surface area (Å²) in [5.74, 6) is -1.36. The van der Waals surface area contributed by atoms with Crippen molar-refractivity contribution in [2.24, 2.45) is 5.92 Å². The van der Waals surface area contributed by atoms with E-state index < -0.39 is 34.4 Å². The molecule has 7 nitrogen and oxygen atoms in total. The third kappa shape index (κ3) is 5.50. The van der Waals surface area contributed by atoms with E-state index in [2.05, 4.69) is 37.2 Å².